The molecule has 0 aliphatic heterocycles. The number of aromatic nitrogens is 5. The Morgan fingerprint density at radius 1 is 0.661 bits per heavy atom. The molecule has 291 valence electrons. The minimum atomic E-state index is -1.72. The average molecular weight is 1000 g/mol. The van der Waals surface area contributed by atoms with E-state index in [1.807, 2.05) is 74.6 Å². The van der Waals surface area contributed by atoms with Crippen LogP contribution in [0.5, 0.6) is 0 Å². The van der Waals surface area contributed by atoms with Crippen LogP contribution in [0.1, 0.15) is 11.4 Å². The molecular weight excluding hydrogens is 963 g/mol. The maximum Gasteiger partial charge on any atom is 0 e. The van der Waals surface area contributed by atoms with Gasteiger partial charge in [-0.25, -0.2) is 4.98 Å². The maximum atomic E-state index is 6.48. The molecule has 5 heterocycles. The fourth-order valence-electron chi connectivity index (χ4n) is 7.46. The van der Waals surface area contributed by atoms with E-state index in [-0.39, 0.29) is 20.1 Å². The summed E-state index contributed by atoms with van der Waals surface area (Å²) < 4.78 is 10.2. The molecule has 6 nitrogen and oxygen atoms in total. The third-order valence-corrected chi connectivity index (χ3v) is 14.7. The number of imidazole rings is 1. The van der Waals surface area contributed by atoms with Crippen LogP contribution in [-0.2, 0) is 20.1 Å². The Balaban J connectivity index is 0.000000240. The fourth-order valence-corrected chi connectivity index (χ4v) is 9.63. The molecule has 0 saturated heterocycles. The van der Waals surface area contributed by atoms with Crippen LogP contribution >= 0.6 is 0 Å². The second-order valence-electron chi connectivity index (χ2n) is 15.4. The summed E-state index contributed by atoms with van der Waals surface area (Å²) in [5, 5.41) is 1.87. The Bertz CT molecular complexity index is 2990. The van der Waals surface area contributed by atoms with Crippen molar-refractivity contribution in [3.05, 3.63) is 182 Å². The largest absolute Gasteiger partial charge is 0 e. The second-order valence-corrected chi connectivity index (χ2v) is 26.1. The average Bonchev–Trinajstić information content (AvgIpc) is 3.83. The van der Waals surface area contributed by atoms with Crippen molar-refractivity contribution in [3.8, 4) is 50.6 Å². The van der Waals surface area contributed by atoms with Crippen LogP contribution in [0, 0.1) is 26.1 Å². The SMILES string of the molecule is Cc1ccc2c(n1)oc1c(-c3nc4ccccc4n3-c3c(-c4ccccc4)cccc3-c3ccccc3)[c-]nc(C)c12.[CH3][Ge]([CH3])([CH3])[c]1ccc(-c2[c-]cccc2)nc1.[Ir]. The van der Waals surface area contributed by atoms with Gasteiger partial charge in [-0.15, -0.1) is 0 Å². The van der Waals surface area contributed by atoms with Crippen molar-refractivity contribution < 1.29 is 24.5 Å². The summed E-state index contributed by atoms with van der Waals surface area (Å²) in [7, 11) is 0. The molecule has 5 aromatic carbocycles. The molecule has 10 rings (SSSR count). The number of benzene rings is 5. The van der Waals surface area contributed by atoms with Gasteiger partial charge in [-0.1, -0.05) is 97.9 Å². The number of hydrogen-bond acceptors (Lipinski definition) is 5. The maximum absolute atomic E-state index is 6.48. The summed E-state index contributed by atoms with van der Waals surface area (Å²) in [5.41, 5.74) is 13.1. The third-order valence-electron chi connectivity index (χ3n) is 10.4. The standard InChI is InChI=1S/C37H25N4O.C14H16GeN.Ir/c1-23-20-21-29-33-24(2)38-22-30(35(33)42-37(29)39-23)36-40-31-18-9-10-19-32(31)41(36)34-27(25-12-5-3-6-13-25)16-11-17-28(34)26-14-7-4-8-15-26;1-15(2,3)13-9-10-14(16-11-13)12-7-5-4-6-8-12;/h3-21H,1-2H3;4-7,9-11H,1-3H3;/q2*-1;. The van der Waals surface area contributed by atoms with E-state index in [2.05, 4.69) is 141 Å². The molecule has 1 radical (unpaired) electrons. The van der Waals surface area contributed by atoms with Gasteiger partial charge in [-0.2, -0.15) is 0 Å². The first-order valence-electron chi connectivity index (χ1n) is 19.5. The van der Waals surface area contributed by atoms with E-state index in [4.69, 9.17) is 14.4 Å². The van der Waals surface area contributed by atoms with Gasteiger partial charge in [0.05, 0.1) is 28.1 Å². The van der Waals surface area contributed by atoms with Crippen LogP contribution in [0.15, 0.2) is 162 Å². The van der Waals surface area contributed by atoms with E-state index in [0.717, 1.165) is 72.4 Å². The van der Waals surface area contributed by atoms with Gasteiger partial charge in [-0.05, 0) is 65.2 Å². The van der Waals surface area contributed by atoms with E-state index >= 15 is 0 Å². The smallest absolute Gasteiger partial charge is 0 e. The first kappa shape index (κ1) is 39.8. The predicted molar refractivity (Wildman–Crippen MR) is 240 cm³/mol. The Morgan fingerprint density at radius 3 is 1.98 bits per heavy atom. The fraction of sp³-hybridized carbons (Fsp3) is 0.0980. The molecule has 10 aromatic rings. The molecule has 0 saturated carbocycles. The number of rotatable bonds is 6. The number of nitrogens with zero attached hydrogens (tertiary/aromatic N) is 5. The van der Waals surface area contributed by atoms with E-state index in [9.17, 15) is 0 Å². The normalized spacial score (nSPS) is 11.3. The summed E-state index contributed by atoms with van der Waals surface area (Å²) in [6.07, 6.45) is 5.34. The molecule has 0 fully saturated rings. The third kappa shape index (κ3) is 7.82. The van der Waals surface area contributed by atoms with E-state index in [1.165, 1.54) is 4.40 Å². The Hall–Kier alpha value is -5.99. The summed E-state index contributed by atoms with van der Waals surface area (Å²) in [5.74, 6) is 7.85. The molecule has 8 heteroatoms. The zero-order valence-corrected chi connectivity index (χ0v) is 38.0. The van der Waals surface area contributed by atoms with Crippen LogP contribution in [0.4, 0.5) is 0 Å². The van der Waals surface area contributed by atoms with Crippen molar-refractivity contribution in [1.82, 2.24) is 24.5 Å². The molecule has 0 aliphatic rings. The zero-order chi connectivity index (χ0) is 39.8. The molecule has 0 amide bonds. The monoisotopic (exact) mass is 1010 g/mol. The Labute approximate surface area is 360 Å². The minimum Gasteiger partial charge on any atom is 0 e. The van der Waals surface area contributed by atoms with Gasteiger partial charge >= 0.3 is 99.8 Å². The van der Waals surface area contributed by atoms with Crippen LogP contribution in [0.3, 0.4) is 0 Å². The quantitative estimate of drug-likeness (QED) is 0.123. The summed E-state index contributed by atoms with van der Waals surface area (Å²) in [6.45, 7) is 3.95. The van der Waals surface area contributed by atoms with Gasteiger partial charge in [-0.3, -0.25) is 4.98 Å². The number of hydrogen-bond donors (Lipinski definition) is 0. The summed E-state index contributed by atoms with van der Waals surface area (Å²) >= 11 is -1.72. The van der Waals surface area contributed by atoms with Crippen molar-refractivity contribution in [2.45, 2.75) is 31.1 Å². The summed E-state index contributed by atoms with van der Waals surface area (Å²) in [6, 6.07) is 55.3. The predicted octanol–water partition coefficient (Wildman–Crippen LogP) is 12.2. The first-order valence-corrected chi connectivity index (χ1v) is 26.8. The number of para-hydroxylation sites is 3. The van der Waals surface area contributed by atoms with Crippen molar-refractivity contribution in [3.63, 3.8) is 0 Å². The molecule has 0 N–H and O–H groups in total. The molecule has 0 spiro atoms. The van der Waals surface area contributed by atoms with Crippen LogP contribution < -0.4 is 4.40 Å². The molecule has 0 aliphatic carbocycles. The van der Waals surface area contributed by atoms with Crippen LogP contribution in [-0.4, -0.2) is 37.8 Å². The van der Waals surface area contributed by atoms with Gasteiger partial charge in [0, 0.05) is 42.3 Å². The molecular formula is C51H41GeIrN5O-2. The van der Waals surface area contributed by atoms with Gasteiger partial charge < -0.3 is 14.0 Å². The van der Waals surface area contributed by atoms with Crippen LogP contribution in [0.2, 0.25) is 17.3 Å². The van der Waals surface area contributed by atoms with E-state index < -0.39 is 13.3 Å². The Kier molecular flexibility index (Phi) is 11.3. The van der Waals surface area contributed by atoms with Crippen LogP contribution in [0.25, 0.3) is 83.7 Å². The number of aryl methyl sites for hydroxylation is 2. The number of furan rings is 1. The number of fused-ring (bicyclic) bond motifs is 4. The number of pyridine rings is 3. The van der Waals surface area contributed by atoms with Crippen molar-refractivity contribution in [2.24, 2.45) is 0 Å². The van der Waals surface area contributed by atoms with Gasteiger partial charge in [0.25, 0.3) is 0 Å². The minimum absolute atomic E-state index is 0. The molecule has 0 atom stereocenters. The van der Waals surface area contributed by atoms with Gasteiger partial charge in [0.1, 0.15) is 0 Å². The zero-order valence-electron chi connectivity index (χ0n) is 33.5. The first-order chi connectivity index (χ1) is 28.2. The second kappa shape index (κ2) is 16.7. The molecule has 5 aromatic heterocycles. The van der Waals surface area contributed by atoms with Crippen molar-refractivity contribution in [1.29, 1.82) is 0 Å². The Morgan fingerprint density at radius 2 is 1.34 bits per heavy atom. The molecule has 0 bridgehead atoms. The molecule has 0 unspecified atom stereocenters. The van der Waals surface area contributed by atoms with E-state index in [1.54, 1.807) is 0 Å². The van der Waals surface area contributed by atoms with Crippen molar-refractivity contribution >= 4 is 50.8 Å². The van der Waals surface area contributed by atoms with Crippen molar-refractivity contribution in [2.75, 3.05) is 0 Å². The topological polar surface area (TPSA) is 69.6 Å². The van der Waals surface area contributed by atoms with E-state index in [0.29, 0.717) is 22.7 Å². The molecule has 59 heavy (non-hydrogen) atoms. The van der Waals surface area contributed by atoms with Gasteiger partial charge in [0.15, 0.2) is 0 Å². The van der Waals surface area contributed by atoms with Gasteiger partial charge in [0.2, 0.25) is 5.71 Å². The summed E-state index contributed by atoms with van der Waals surface area (Å²) in [4.78, 5) is 19.2.